The molecule has 6 heteroatoms. The molecule has 1 aromatic rings. The number of carbonyl (C=O) groups excluding carboxylic acids is 1. The Kier molecular flexibility index (Phi) is 2.94. The molecule has 0 spiro atoms. The SMILES string of the molecule is O=C(NS(=O)(=O)c1ccsc1)[C@@H]1C[C@H]1C1CCC1. The maximum Gasteiger partial charge on any atom is 0.264 e. The smallest absolute Gasteiger partial charge is 0.264 e. The molecule has 4 nitrogen and oxygen atoms in total. The topological polar surface area (TPSA) is 63.2 Å². The van der Waals surface area contributed by atoms with E-state index in [0.717, 1.165) is 6.42 Å². The predicted molar refractivity (Wildman–Crippen MR) is 68.6 cm³/mol. The number of rotatable bonds is 4. The van der Waals surface area contributed by atoms with Crippen molar-refractivity contribution in [3.05, 3.63) is 16.8 Å². The number of thiophene rings is 1. The van der Waals surface area contributed by atoms with E-state index in [4.69, 9.17) is 0 Å². The summed E-state index contributed by atoms with van der Waals surface area (Å²) in [7, 11) is -3.65. The van der Waals surface area contributed by atoms with E-state index in [1.807, 2.05) is 0 Å². The molecule has 0 radical (unpaired) electrons. The summed E-state index contributed by atoms with van der Waals surface area (Å²) in [5.74, 6) is 0.683. The monoisotopic (exact) mass is 285 g/mol. The molecule has 98 valence electrons. The van der Waals surface area contributed by atoms with Crippen LogP contribution in [-0.2, 0) is 14.8 Å². The van der Waals surface area contributed by atoms with Gasteiger partial charge < -0.3 is 0 Å². The summed E-state index contributed by atoms with van der Waals surface area (Å²) >= 11 is 1.31. The lowest BCUT2D eigenvalue weighted by Gasteiger charge is -2.25. The second kappa shape index (κ2) is 4.35. The fraction of sp³-hybridized carbons (Fsp3) is 0.583. The lowest BCUT2D eigenvalue weighted by Crippen LogP contribution is -2.32. The minimum atomic E-state index is -3.65. The number of nitrogens with one attached hydrogen (secondary N) is 1. The molecular formula is C12H15NO3S2. The van der Waals surface area contributed by atoms with Gasteiger partial charge >= 0.3 is 0 Å². The van der Waals surface area contributed by atoms with Crippen LogP contribution >= 0.6 is 11.3 Å². The van der Waals surface area contributed by atoms with Crippen molar-refractivity contribution in [1.29, 1.82) is 0 Å². The van der Waals surface area contributed by atoms with Crippen LogP contribution in [0.25, 0.3) is 0 Å². The van der Waals surface area contributed by atoms with Gasteiger partial charge in [0.2, 0.25) is 5.91 Å². The molecule has 1 amide bonds. The standard InChI is InChI=1S/C12H15NO3S2/c14-12(11-6-10(11)8-2-1-3-8)13-18(15,16)9-4-5-17-7-9/h4-5,7-8,10-11H,1-3,6H2,(H,13,14)/t10-,11+/m0/s1. The van der Waals surface area contributed by atoms with Crippen LogP contribution in [0.5, 0.6) is 0 Å². The molecule has 1 N–H and O–H groups in total. The third-order valence-corrected chi connectivity index (χ3v) is 6.15. The lowest BCUT2D eigenvalue weighted by atomic mass is 9.81. The quantitative estimate of drug-likeness (QED) is 0.920. The Labute approximate surface area is 110 Å². The molecule has 0 saturated heterocycles. The van der Waals surface area contributed by atoms with E-state index >= 15 is 0 Å². The fourth-order valence-corrected chi connectivity index (χ4v) is 4.63. The Morgan fingerprint density at radius 3 is 2.72 bits per heavy atom. The van der Waals surface area contributed by atoms with Crippen molar-refractivity contribution in [1.82, 2.24) is 4.72 Å². The van der Waals surface area contributed by atoms with Gasteiger partial charge in [-0.25, -0.2) is 13.1 Å². The molecule has 1 aromatic heterocycles. The van der Waals surface area contributed by atoms with Crippen LogP contribution < -0.4 is 4.72 Å². The van der Waals surface area contributed by atoms with E-state index in [1.165, 1.54) is 42.0 Å². The largest absolute Gasteiger partial charge is 0.274 e. The third kappa shape index (κ3) is 2.19. The van der Waals surface area contributed by atoms with Crippen LogP contribution in [-0.4, -0.2) is 14.3 Å². The zero-order valence-electron chi connectivity index (χ0n) is 9.83. The second-order valence-corrected chi connectivity index (χ2v) is 7.59. The molecule has 2 aliphatic carbocycles. The van der Waals surface area contributed by atoms with E-state index in [1.54, 1.807) is 5.38 Å². The molecule has 0 bridgehead atoms. The summed E-state index contributed by atoms with van der Waals surface area (Å²) < 4.78 is 25.9. The number of hydrogen-bond donors (Lipinski definition) is 1. The van der Waals surface area contributed by atoms with E-state index in [0.29, 0.717) is 11.8 Å². The molecule has 0 aromatic carbocycles. The molecule has 0 unspecified atom stereocenters. The third-order valence-electron chi connectivity index (χ3n) is 3.97. The lowest BCUT2D eigenvalue weighted by molar-refractivity contribution is -0.121. The van der Waals surface area contributed by atoms with E-state index < -0.39 is 10.0 Å². The highest BCUT2D eigenvalue weighted by atomic mass is 32.2. The summed E-state index contributed by atoms with van der Waals surface area (Å²) in [6, 6.07) is 1.51. The molecule has 2 atom stereocenters. The van der Waals surface area contributed by atoms with Gasteiger partial charge in [-0.2, -0.15) is 11.3 Å². The first kappa shape index (κ1) is 12.2. The van der Waals surface area contributed by atoms with Gasteiger partial charge in [-0.3, -0.25) is 4.79 Å². The Hall–Kier alpha value is -0.880. The Morgan fingerprint density at radius 1 is 1.39 bits per heavy atom. The first-order valence-corrected chi connectivity index (χ1v) is 8.59. The van der Waals surface area contributed by atoms with Gasteiger partial charge in [0.25, 0.3) is 10.0 Å². The Balaban J connectivity index is 1.62. The van der Waals surface area contributed by atoms with Crippen LogP contribution in [0.1, 0.15) is 25.7 Å². The average molecular weight is 285 g/mol. The number of hydrogen-bond acceptors (Lipinski definition) is 4. The summed E-state index contributed by atoms with van der Waals surface area (Å²) in [5.41, 5.74) is 0. The maximum atomic E-state index is 11.9. The number of carbonyl (C=O) groups is 1. The van der Waals surface area contributed by atoms with Crippen molar-refractivity contribution in [2.24, 2.45) is 17.8 Å². The minimum Gasteiger partial charge on any atom is -0.274 e. The molecule has 2 aliphatic rings. The van der Waals surface area contributed by atoms with E-state index in [-0.39, 0.29) is 16.7 Å². The van der Waals surface area contributed by atoms with Gasteiger partial charge in [0.15, 0.2) is 0 Å². The van der Waals surface area contributed by atoms with Gasteiger partial charge in [-0.05, 0) is 29.7 Å². The van der Waals surface area contributed by atoms with Crippen LogP contribution in [0.2, 0.25) is 0 Å². The van der Waals surface area contributed by atoms with Gasteiger partial charge in [0.1, 0.15) is 0 Å². The summed E-state index contributed by atoms with van der Waals surface area (Å²) in [6.07, 6.45) is 4.51. The summed E-state index contributed by atoms with van der Waals surface area (Å²) in [4.78, 5) is 12.1. The molecule has 0 aliphatic heterocycles. The number of amides is 1. The normalized spacial score (nSPS) is 27.6. The van der Waals surface area contributed by atoms with E-state index in [9.17, 15) is 13.2 Å². The average Bonchev–Trinajstić information content (AvgIpc) is 2.79. The summed E-state index contributed by atoms with van der Waals surface area (Å²) in [6.45, 7) is 0. The van der Waals surface area contributed by atoms with Crippen LogP contribution in [0.15, 0.2) is 21.7 Å². The van der Waals surface area contributed by atoms with Crippen LogP contribution in [0.4, 0.5) is 0 Å². The van der Waals surface area contributed by atoms with E-state index in [2.05, 4.69) is 4.72 Å². The van der Waals surface area contributed by atoms with Gasteiger partial charge in [-0.1, -0.05) is 19.3 Å². The van der Waals surface area contributed by atoms with Gasteiger partial charge in [0.05, 0.1) is 4.90 Å². The van der Waals surface area contributed by atoms with Crippen molar-refractivity contribution in [2.75, 3.05) is 0 Å². The Bertz CT molecular complexity index is 546. The molecule has 2 fully saturated rings. The van der Waals surface area contributed by atoms with Crippen molar-refractivity contribution in [2.45, 2.75) is 30.6 Å². The highest BCUT2D eigenvalue weighted by Gasteiger charge is 2.49. The molecular weight excluding hydrogens is 270 g/mol. The van der Waals surface area contributed by atoms with Crippen molar-refractivity contribution >= 4 is 27.3 Å². The van der Waals surface area contributed by atoms with Crippen LogP contribution in [0.3, 0.4) is 0 Å². The summed E-state index contributed by atoms with van der Waals surface area (Å²) in [5, 5.41) is 3.22. The molecule has 3 rings (SSSR count). The molecule has 1 heterocycles. The highest BCUT2D eigenvalue weighted by Crippen LogP contribution is 2.51. The Morgan fingerprint density at radius 2 is 2.17 bits per heavy atom. The predicted octanol–water partition coefficient (Wildman–Crippen LogP) is 1.99. The zero-order valence-corrected chi connectivity index (χ0v) is 11.5. The van der Waals surface area contributed by atoms with Crippen molar-refractivity contribution < 1.29 is 13.2 Å². The maximum absolute atomic E-state index is 11.9. The number of sulfonamides is 1. The first-order valence-electron chi connectivity index (χ1n) is 6.17. The zero-order chi connectivity index (χ0) is 12.8. The van der Waals surface area contributed by atoms with Crippen molar-refractivity contribution in [3.63, 3.8) is 0 Å². The highest BCUT2D eigenvalue weighted by molar-refractivity contribution is 7.90. The van der Waals surface area contributed by atoms with Crippen molar-refractivity contribution in [3.8, 4) is 0 Å². The minimum absolute atomic E-state index is 0.0799. The van der Waals surface area contributed by atoms with Crippen LogP contribution in [0, 0.1) is 17.8 Å². The molecule has 2 saturated carbocycles. The molecule has 18 heavy (non-hydrogen) atoms. The first-order chi connectivity index (χ1) is 8.58. The van der Waals surface area contributed by atoms with Gasteiger partial charge in [0, 0.05) is 11.3 Å². The fourth-order valence-electron chi connectivity index (χ4n) is 2.58. The second-order valence-electron chi connectivity index (χ2n) is 5.13. The van der Waals surface area contributed by atoms with Gasteiger partial charge in [-0.15, -0.1) is 0 Å².